The number of anilines is 1. The molecule has 2 saturated heterocycles. The summed E-state index contributed by atoms with van der Waals surface area (Å²) in [5, 5.41) is 11.7. The Labute approximate surface area is 472 Å². The smallest absolute Gasteiger partial charge is 0.434 e. The van der Waals surface area contributed by atoms with E-state index in [-0.39, 0.29) is 102 Å². The van der Waals surface area contributed by atoms with Crippen LogP contribution in [0.2, 0.25) is 5.02 Å². The number of likely N-dealkylation sites (tertiary alicyclic amines) is 1. The molecule has 0 aromatic heterocycles. The van der Waals surface area contributed by atoms with Crippen LogP contribution < -0.4 is 9.64 Å². The van der Waals surface area contributed by atoms with Crippen molar-refractivity contribution in [2.75, 3.05) is 85.4 Å². The Balaban J connectivity index is 1.34. The average Bonchev–Trinajstić information content (AvgIpc) is 3.40. The zero-order valence-corrected chi connectivity index (χ0v) is 49.5. The molecule has 4 bridgehead atoms. The van der Waals surface area contributed by atoms with Crippen molar-refractivity contribution in [3.63, 3.8) is 0 Å². The molecule has 0 aliphatic carbocycles. The molecule has 1 aromatic carbocycles. The number of carbonyl (C=O) groups is 7. The first kappa shape index (κ1) is 66.0. The maximum absolute atomic E-state index is 13.9. The number of carbonyl (C=O) groups excluding carboxylic acids is 7. The summed E-state index contributed by atoms with van der Waals surface area (Å²) in [6.45, 7) is 17.5. The van der Waals surface area contributed by atoms with Gasteiger partial charge in [0.05, 0.1) is 58.3 Å². The van der Waals surface area contributed by atoms with E-state index < -0.39 is 59.1 Å². The van der Waals surface area contributed by atoms with Gasteiger partial charge in [0.2, 0.25) is 17.7 Å². The number of methoxy groups -OCH3 is 1. The summed E-state index contributed by atoms with van der Waals surface area (Å²) in [5.41, 5.74) is 0.0447. The largest absolute Gasteiger partial charge is 0.495 e. The Morgan fingerprint density at radius 3 is 2.22 bits per heavy atom. The molecule has 1 unspecified atom stereocenters. The Hall–Kier alpha value is -5.48. The molecule has 22 heteroatoms. The fraction of sp³-hybridized carbons (Fsp3) is 0.702. The van der Waals surface area contributed by atoms with E-state index in [1.54, 1.807) is 65.3 Å². The van der Waals surface area contributed by atoms with Crippen molar-refractivity contribution in [3.05, 3.63) is 46.5 Å². The van der Waals surface area contributed by atoms with Crippen LogP contribution in [-0.4, -0.2) is 188 Å². The summed E-state index contributed by atoms with van der Waals surface area (Å²) >= 11 is 6.71. The number of hydrogen-bond donors (Lipinski definition) is 1. The molecule has 3 aliphatic heterocycles. The van der Waals surface area contributed by atoms with Crippen molar-refractivity contribution in [3.8, 4) is 5.75 Å². The lowest BCUT2D eigenvalue weighted by Crippen LogP contribution is -2.55. The van der Waals surface area contributed by atoms with E-state index in [1.165, 1.54) is 30.9 Å². The van der Waals surface area contributed by atoms with Gasteiger partial charge in [-0.05, 0) is 125 Å². The monoisotopic (exact) mass is 1130 g/mol. The third-order valence-corrected chi connectivity index (χ3v) is 14.3. The van der Waals surface area contributed by atoms with Gasteiger partial charge < -0.3 is 57.5 Å². The maximum atomic E-state index is 13.9. The molecule has 1 N–H and O–H groups in total. The van der Waals surface area contributed by atoms with Gasteiger partial charge >= 0.3 is 24.1 Å². The zero-order chi connectivity index (χ0) is 58.7. The van der Waals surface area contributed by atoms with E-state index in [4.69, 9.17) is 49.5 Å². The number of esters is 2. The Bertz CT molecular complexity index is 2290. The lowest BCUT2D eigenvalue weighted by molar-refractivity contribution is -0.196. The van der Waals surface area contributed by atoms with E-state index in [9.17, 15) is 38.8 Å². The van der Waals surface area contributed by atoms with Crippen LogP contribution in [0.1, 0.15) is 139 Å². The molecule has 3 heterocycles. The normalized spacial score (nSPS) is 21.5. The number of amides is 5. The number of benzene rings is 1. The molecular weight excluding hydrogens is 1050 g/mol. The van der Waals surface area contributed by atoms with Crippen LogP contribution in [0.4, 0.5) is 15.3 Å². The Morgan fingerprint density at radius 1 is 0.899 bits per heavy atom. The molecule has 21 nitrogen and oxygen atoms in total. The summed E-state index contributed by atoms with van der Waals surface area (Å²) < 4.78 is 45.6. The van der Waals surface area contributed by atoms with Crippen LogP contribution in [0.3, 0.4) is 0 Å². The van der Waals surface area contributed by atoms with Crippen molar-refractivity contribution in [1.29, 1.82) is 0 Å². The van der Waals surface area contributed by atoms with Gasteiger partial charge in [0, 0.05) is 65.5 Å². The van der Waals surface area contributed by atoms with E-state index in [2.05, 4.69) is 0 Å². The van der Waals surface area contributed by atoms with Gasteiger partial charge in [-0.25, -0.2) is 14.4 Å². The number of nitrogens with zero attached hydrogens (tertiary/aromatic N) is 5. The third kappa shape index (κ3) is 21.5. The second-order valence-electron chi connectivity index (χ2n) is 22.6. The van der Waals surface area contributed by atoms with Crippen LogP contribution in [-0.2, 0) is 63.6 Å². The number of piperidine rings is 1. The van der Waals surface area contributed by atoms with Crippen LogP contribution in [0.25, 0.3) is 0 Å². The predicted octanol–water partition coefficient (Wildman–Crippen LogP) is 8.23. The summed E-state index contributed by atoms with van der Waals surface area (Å²) in [4.78, 5) is 98.4. The van der Waals surface area contributed by atoms with Crippen molar-refractivity contribution >= 4 is 59.1 Å². The van der Waals surface area contributed by atoms with Gasteiger partial charge in [0.25, 0.3) is 0 Å². The number of allylic oxidation sites excluding steroid dienone is 3. The van der Waals surface area contributed by atoms with Crippen molar-refractivity contribution in [1.82, 2.24) is 19.8 Å². The molecule has 0 radical (unpaired) electrons. The first-order chi connectivity index (χ1) is 37.1. The number of halogens is 1. The molecule has 5 amide bonds. The fourth-order valence-electron chi connectivity index (χ4n) is 9.33. The van der Waals surface area contributed by atoms with Crippen LogP contribution in [0, 0.1) is 0 Å². The van der Waals surface area contributed by atoms with Gasteiger partial charge in [0.1, 0.15) is 46.3 Å². The first-order valence-corrected chi connectivity index (χ1v) is 27.9. The quantitative estimate of drug-likeness (QED) is 0.0561. The summed E-state index contributed by atoms with van der Waals surface area (Å²) in [6.07, 6.45) is 6.79. The SMILES string of the molecule is COc1cc2cc(c1Cl)N(C)C(=O)CCCC[C@@](C)(OCCOC(=O)[C@H](C)N(C)C(=O)CCC(=O)N(CCOCCOCCC(=O)OC(C)(C)C)C1CCN(C(=O)OC(C)(C)C)CC1)[C@@H]1CC(C/C=C/C=C(\C)C2)N(O)C(=O)O1. The Kier molecular flexibility index (Phi) is 25.9. The van der Waals surface area contributed by atoms with Crippen molar-refractivity contribution in [2.24, 2.45) is 0 Å². The average molecular weight is 1130 g/mol. The van der Waals surface area contributed by atoms with Gasteiger partial charge in [0.15, 0.2) is 0 Å². The lowest BCUT2D eigenvalue weighted by atomic mass is 9.86. The minimum absolute atomic E-state index is 0.104. The van der Waals surface area contributed by atoms with E-state index in [1.807, 2.05) is 37.3 Å². The highest BCUT2D eigenvalue weighted by Gasteiger charge is 2.45. The minimum atomic E-state index is -1.14. The number of rotatable bonds is 20. The highest BCUT2D eigenvalue weighted by molar-refractivity contribution is 6.35. The maximum Gasteiger partial charge on any atom is 0.434 e. The molecule has 2 fully saturated rings. The second-order valence-corrected chi connectivity index (χ2v) is 23.0. The van der Waals surface area contributed by atoms with E-state index in [0.717, 1.165) is 11.1 Å². The number of hydroxylamine groups is 2. The van der Waals surface area contributed by atoms with Crippen LogP contribution in [0.15, 0.2) is 35.9 Å². The highest BCUT2D eigenvalue weighted by atomic mass is 35.5. The van der Waals surface area contributed by atoms with Gasteiger partial charge in [-0.3, -0.25) is 24.4 Å². The number of likely N-dealkylation sites (N-methyl/N-ethyl adjacent to an activating group) is 1. The lowest BCUT2D eigenvalue weighted by Gasteiger charge is -2.43. The minimum Gasteiger partial charge on any atom is -0.495 e. The Morgan fingerprint density at radius 2 is 1.56 bits per heavy atom. The second kappa shape index (κ2) is 30.9. The number of hydrogen-bond acceptors (Lipinski definition) is 16. The summed E-state index contributed by atoms with van der Waals surface area (Å²) in [7, 11) is 4.66. The van der Waals surface area contributed by atoms with Gasteiger partial charge in [-0.1, -0.05) is 35.4 Å². The van der Waals surface area contributed by atoms with Gasteiger partial charge in [-0.2, -0.15) is 5.06 Å². The van der Waals surface area contributed by atoms with Crippen molar-refractivity contribution in [2.45, 2.75) is 180 Å². The molecule has 3 aliphatic rings. The zero-order valence-electron chi connectivity index (χ0n) is 48.7. The molecular formula is C57H88ClN5O16. The molecule has 0 saturated carbocycles. The molecule has 4 atom stereocenters. The predicted molar refractivity (Wildman–Crippen MR) is 295 cm³/mol. The molecule has 0 spiro atoms. The molecule has 4 rings (SSSR count). The molecule has 444 valence electrons. The molecule has 1 aromatic rings. The molecule has 79 heavy (non-hydrogen) atoms. The first-order valence-electron chi connectivity index (χ1n) is 27.5. The number of ether oxygens (including phenoxy) is 8. The summed E-state index contributed by atoms with van der Waals surface area (Å²) in [5.74, 6) is -1.53. The fourth-order valence-corrected chi connectivity index (χ4v) is 9.64. The standard InChI is InChI=1S/C57H88ClN5O16/c1-39-17-13-14-18-43-38-46(77-54(70)63(43)71)57(9,25-16-15-19-47(64)60(11)44-36-41(35-39)37-45(72-12)51(44)58)76-34-33-75-52(68)40(2)59(10)48(65)20-21-49(66)62(42-22-26-61(27-23-42)53(69)79-56(6,7)8)28-30-74-32-31-73-29-24-50(67)78-55(3,4)5/h13-14,17,36-37,40,42-43,46,71H,15-16,18-35,38H2,1-12H3/b14-13+,39-17+/t40-,43?,46-,57+/m0/s1. The van der Waals surface area contributed by atoms with Crippen LogP contribution >= 0.6 is 11.6 Å². The highest BCUT2D eigenvalue weighted by Crippen LogP contribution is 2.38. The van der Waals surface area contributed by atoms with Crippen LogP contribution in [0.5, 0.6) is 5.75 Å². The third-order valence-electron chi connectivity index (χ3n) is 13.9. The topological polar surface area (TPSA) is 230 Å². The van der Waals surface area contributed by atoms with Gasteiger partial charge in [-0.15, -0.1) is 0 Å². The van der Waals surface area contributed by atoms with Crippen molar-refractivity contribution < 1.29 is 76.7 Å². The number of fused-ring (bicyclic) bond motifs is 4. The summed E-state index contributed by atoms with van der Waals surface area (Å²) in [6, 6.07) is 1.83. The van der Waals surface area contributed by atoms with E-state index >= 15 is 0 Å². The van der Waals surface area contributed by atoms with E-state index in [0.29, 0.717) is 79.6 Å².